The minimum atomic E-state index is 0.728. The maximum absolute atomic E-state index is 3.48. The molecule has 2 nitrogen and oxygen atoms in total. The van der Waals surface area contributed by atoms with Crippen molar-refractivity contribution in [2.24, 2.45) is 11.8 Å². The van der Waals surface area contributed by atoms with E-state index in [1.54, 1.807) is 0 Å². The van der Waals surface area contributed by atoms with Crippen molar-refractivity contribution in [1.29, 1.82) is 0 Å². The van der Waals surface area contributed by atoms with Crippen LogP contribution in [0.15, 0.2) is 18.2 Å². The third kappa shape index (κ3) is 4.24. The number of fused-ring (bicyclic) bond motifs is 1. The zero-order chi connectivity index (χ0) is 13.8. The van der Waals surface area contributed by atoms with Crippen LogP contribution in [0.5, 0.6) is 0 Å². The predicted octanol–water partition coefficient (Wildman–Crippen LogP) is 3.77. The maximum atomic E-state index is 3.48. The Balaban J connectivity index is 2.03. The Morgan fingerprint density at radius 1 is 1.11 bits per heavy atom. The van der Waals surface area contributed by atoms with Gasteiger partial charge in [0, 0.05) is 31.9 Å². The summed E-state index contributed by atoms with van der Waals surface area (Å²) in [6.07, 6.45) is 1.18. The highest BCUT2D eigenvalue weighted by Gasteiger charge is 2.13. The minimum absolute atomic E-state index is 0.728. The number of rotatable bonds is 6. The van der Waals surface area contributed by atoms with Crippen LogP contribution in [-0.2, 0) is 13.0 Å². The minimum Gasteiger partial charge on any atom is -0.384 e. The number of anilines is 1. The molecule has 0 aliphatic carbocycles. The van der Waals surface area contributed by atoms with E-state index in [0.717, 1.165) is 24.9 Å². The lowest BCUT2D eigenvalue weighted by Gasteiger charge is -2.26. The molecule has 1 N–H and O–H groups in total. The van der Waals surface area contributed by atoms with Crippen molar-refractivity contribution in [1.82, 2.24) is 4.90 Å². The molecule has 1 aromatic carbocycles. The molecule has 2 heteroatoms. The molecule has 2 rings (SSSR count). The van der Waals surface area contributed by atoms with Crippen molar-refractivity contribution < 1.29 is 0 Å². The van der Waals surface area contributed by atoms with Crippen LogP contribution in [0.4, 0.5) is 5.69 Å². The summed E-state index contributed by atoms with van der Waals surface area (Å²) >= 11 is 0. The molecule has 106 valence electrons. The second kappa shape index (κ2) is 6.42. The van der Waals surface area contributed by atoms with E-state index in [1.807, 2.05) is 0 Å². The van der Waals surface area contributed by atoms with Crippen LogP contribution >= 0.6 is 0 Å². The highest BCUT2D eigenvalue weighted by Crippen LogP contribution is 2.24. The molecule has 0 fully saturated rings. The van der Waals surface area contributed by atoms with Gasteiger partial charge in [-0.15, -0.1) is 0 Å². The van der Waals surface area contributed by atoms with E-state index in [0.29, 0.717) is 0 Å². The number of nitrogens with one attached hydrogen (secondary N) is 1. The molecule has 0 bridgehead atoms. The van der Waals surface area contributed by atoms with Crippen LogP contribution in [0.3, 0.4) is 0 Å². The van der Waals surface area contributed by atoms with Gasteiger partial charge in [0.15, 0.2) is 0 Å². The van der Waals surface area contributed by atoms with Gasteiger partial charge in [0.05, 0.1) is 0 Å². The summed E-state index contributed by atoms with van der Waals surface area (Å²) < 4.78 is 0. The summed E-state index contributed by atoms with van der Waals surface area (Å²) in [5.74, 6) is 1.46. The predicted molar refractivity (Wildman–Crippen MR) is 83.6 cm³/mol. The lowest BCUT2D eigenvalue weighted by molar-refractivity contribution is 0.211. The topological polar surface area (TPSA) is 15.3 Å². The van der Waals surface area contributed by atoms with Gasteiger partial charge in [-0.05, 0) is 35.4 Å². The summed E-state index contributed by atoms with van der Waals surface area (Å²) in [6, 6.07) is 6.95. The first kappa shape index (κ1) is 14.4. The van der Waals surface area contributed by atoms with E-state index in [1.165, 1.54) is 36.3 Å². The molecule has 0 amide bonds. The van der Waals surface area contributed by atoms with E-state index in [2.05, 4.69) is 56.1 Å². The Morgan fingerprint density at radius 2 is 1.79 bits per heavy atom. The number of hydrogen-bond acceptors (Lipinski definition) is 2. The molecule has 0 saturated carbocycles. The molecule has 1 aliphatic rings. The summed E-state index contributed by atoms with van der Waals surface area (Å²) in [7, 11) is 0. The second-order valence-electron chi connectivity index (χ2n) is 6.65. The molecule has 0 saturated heterocycles. The normalized spacial score (nSPS) is 14.3. The van der Waals surface area contributed by atoms with Crippen molar-refractivity contribution in [2.75, 3.05) is 25.0 Å². The summed E-state index contributed by atoms with van der Waals surface area (Å²) in [4.78, 5) is 2.59. The third-order valence-corrected chi connectivity index (χ3v) is 3.54. The molecule has 0 radical (unpaired) electrons. The van der Waals surface area contributed by atoms with Gasteiger partial charge < -0.3 is 5.32 Å². The Labute approximate surface area is 118 Å². The van der Waals surface area contributed by atoms with Gasteiger partial charge in [0.1, 0.15) is 0 Å². The Kier molecular flexibility index (Phi) is 4.87. The van der Waals surface area contributed by atoms with E-state index < -0.39 is 0 Å². The van der Waals surface area contributed by atoms with Crippen molar-refractivity contribution >= 4 is 5.69 Å². The van der Waals surface area contributed by atoms with Gasteiger partial charge in [-0.25, -0.2) is 0 Å². The van der Waals surface area contributed by atoms with Crippen molar-refractivity contribution in [3.63, 3.8) is 0 Å². The first-order valence-corrected chi connectivity index (χ1v) is 7.62. The average molecular weight is 260 g/mol. The molecule has 1 heterocycles. The number of hydrogen-bond donors (Lipinski definition) is 1. The van der Waals surface area contributed by atoms with Gasteiger partial charge >= 0.3 is 0 Å². The summed E-state index contributed by atoms with van der Waals surface area (Å²) in [6.45, 7) is 13.8. The quantitative estimate of drug-likeness (QED) is 0.837. The molecular formula is C17H28N2. The van der Waals surface area contributed by atoms with Gasteiger partial charge in [-0.1, -0.05) is 39.8 Å². The van der Waals surface area contributed by atoms with Crippen LogP contribution in [0.1, 0.15) is 38.8 Å². The largest absolute Gasteiger partial charge is 0.384 e. The van der Waals surface area contributed by atoms with E-state index >= 15 is 0 Å². The van der Waals surface area contributed by atoms with Crippen LogP contribution in [0.2, 0.25) is 0 Å². The first-order chi connectivity index (χ1) is 9.04. The molecular weight excluding hydrogens is 232 g/mol. The number of nitrogens with zero attached hydrogens (tertiary/aromatic N) is 1. The number of benzene rings is 1. The first-order valence-electron chi connectivity index (χ1n) is 7.62. The van der Waals surface area contributed by atoms with Gasteiger partial charge in [0.25, 0.3) is 0 Å². The van der Waals surface area contributed by atoms with Crippen molar-refractivity contribution in [3.05, 3.63) is 29.3 Å². The SMILES string of the molecule is CC(C)CN(Cc1ccc2c(c1)NCC2)CC(C)C. The third-order valence-electron chi connectivity index (χ3n) is 3.54. The van der Waals surface area contributed by atoms with E-state index in [-0.39, 0.29) is 0 Å². The van der Waals surface area contributed by atoms with Crippen LogP contribution in [0, 0.1) is 11.8 Å². The molecule has 1 aromatic rings. The fourth-order valence-corrected chi connectivity index (χ4v) is 2.93. The monoisotopic (exact) mass is 260 g/mol. The van der Waals surface area contributed by atoms with Crippen molar-refractivity contribution in [2.45, 2.75) is 40.7 Å². The smallest absolute Gasteiger partial charge is 0.0376 e. The van der Waals surface area contributed by atoms with Crippen LogP contribution in [0.25, 0.3) is 0 Å². The fourth-order valence-electron chi connectivity index (χ4n) is 2.93. The highest BCUT2D eigenvalue weighted by molar-refractivity contribution is 5.56. The second-order valence-corrected chi connectivity index (χ2v) is 6.65. The molecule has 0 unspecified atom stereocenters. The highest BCUT2D eigenvalue weighted by atomic mass is 15.1. The standard InChI is InChI=1S/C17H28N2/c1-13(2)10-19(11-14(3)4)12-15-5-6-16-7-8-18-17(16)9-15/h5-6,9,13-14,18H,7-8,10-12H2,1-4H3. The van der Waals surface area contributed by atoms with Gasteiger partial charge in [-0.3, -0.25) is 4.90 Å². The fraction of sp³-hybridized carbons (Fsp3) is 0.647. The Hall–Kier alpha value is -1.02. The van der Waals surface area contributed by atoms with Gasteiger partial charge in [-0.2, -0.15) is 0 Å². The molecule has 0 atom stereocenters. The zero-order valence-corrected chi connectivity index (χ0v) is 12.9. The van der Waals surface area contributed by atoms with Crippen LogP contribution in [-0.4, -0.2) is 24.5 Å². The van der Waals surface area contributed by atoms with Crippen molar-refractivity contribution in [3.8, 4) is 0 Å². The molecule has 1 aliphatic heterocycles. The molecule has 0 spiro atoms. The Bertz CT molecular complexity index is 400. The summed E-state index contributed by atoms with van der Waals surface area (Å²) in [5, 5.41) is 3.48. The maximum Gasteiger partial charge on any atom is 0.0376 e. The van der Waals surface area contributed by atoms with Crippen LogP contribution < -0.4 is 5.32 Å². The molecule has 0 aromatic heterocycles. The van der Waals surface area contributed by atoms with E-state index in [4.69, 9.17) is 0 Å². The zero-order valence-electron chi connectivity index (χ0n) is 12.9. The van der Waals surface area contributed by atoms with Gasteiger partial charge in [0.2, 0.25) is 0 Å². The Morgan fingerprint density at radius 3 is 2.42 bits per heavy atom. The lowest BCUT2D eigenvalue weighted by Crippen LogP contribution is -2.30. The lowest BCUT2D eigenvalue weighted by atomic mass is 10.1. The van der Waals surface area contributed by atoms with E-state index in [9.17, 15) is 0 Å². The summed E-state index contributed by atoms with van der Waals surface area (Å²) in [5.41, 5.74) is 4.27. The average Bonchev–Trinajstić information content (AvgIpc) is 2.74. The molecule has 19 heavy (non-hydrogen) atoms.